The number of hydrogen-bond donors (Lipinski definition) is 2. The minimum atomic E-state index is -0.890. The van der Waals surface area contributed by atoms with E-state index in [1.165, 1.54) is 6.20 Å². The van der Waals surface area contributed by atoms with Crippen LogP contribution in [0.5, 0.6) is 0 Å². The zero-order chi connectivity index (χ0) is 24.8. The van der Waals surface area contributed by atoms with E-state index >= 15 is 0 Å². The standard InChI is InChI=1S/C24H25N9O2/c1-23(2,34)13-33-12-14(9-29-33)21-31-22(32-35-21)24(3,15-4-5-15)16-6-7-17(27-10-16)20-18(8-25)30-19(26)11-28-20/h6-7,9-12,15,34H,4-5,13H2,1-3H3,(H2,26,30). The van der Waals surface area contributed by atoms with E-state index in [1.54, 1.807) is 37.1 Å². The van der Waals surface area contributed by atoms with Crippen molar-refractivity contribution in [3.63, 3.8) is 0 Å². The van der Waals surface area contributed by atoms with Crippen molar-refractivity contribution in [1.29, 1.82) is 5.26 Å². The Labute approximate surface area is 201 Å². The van der Waals surface area contributed by atoms with Crippen LogP contribution >= 0.6 is 0 Å². The maximum Gasteiger partial charge on any atom is 0.261 e. The summed E-state index contributed by atoms with van der Waals surface area (Å²) in [7, 11) is 0. The molecule has 35 heavy (non-hydrogen) atoms. The summed E-state index contributed by atoms with van der Waals surface area (Å²) in [6.45, 7) is 5.89. The molecule has 5 rings (SSSR count). The minimum absolute atomic E-state index is 0.128. The highest BCUT2D eigenvalue weighted by atomic mass is 16.5. The maximum absolute atomic E-state index is 10.0. The first-order valence-corrected chi connectivity index (χ1v) is 11.3. The summed E-state index contributed by atoms with van der Waals surface area (Å²) in [5.41, 5.74) is 6.93. The summed E-state index contributed by atoms with van der Waals surface area (Å²) in [4.78, 5) is 17.6. The smallest absolute Gasteiger partial charge is 0.261 e. The largest absolute Gasteiger partial charge is 0.389 e. The maximum atomic E-state index is 10.0. The number of nitrogens with two attached hydrogens (primary N) is 1. The Hall–Kier alpha value is -4.17. The van der Waals surface area contributed by atoms with Crippen molar-refractivity contribution in [2.75, 3.05) is 5.73 Å². The monoisotopic (exact) mass is 471 g/mol. The van der Waals surface area contributed by atoms with Crippen molar-refractivity contribution >= 4 is 5.82 Å². The van der Waals surface area contributed by atoms with Gasteiger partial charge in [0.05, 0.1) is 41.2 Å². The van der Waals surface area contributed by atoms with Gasteiger partial charge in [-0.3, -0.25) is 9.67 Å². The fourth-order valence-electron chi connectivity index (χ4n) is 4.23. The second kappa shape index (κ2) is 8.25. The molecular formula is C24H25N9O2. The highest BCUT2D eigenvalue weighted by Gasteiger charge is 2.47. The van der Waals surface area contributed by atoms with Gasteiger partial charge in [-0.15, -0.1) is 0 Å². The van der Waals surface area contributed by atoms with E-state index in [0.29, 0.717) is 41.1 Å². The SMILES string of the molecule is CC(C)(O)Cn1cc(-c2nc(C(C)(c3ccc(-c4ncc(N)nc4C#N)nc3)C3CC3)no2)cn1. The fraction of sp³-hybridized carbons (Fsp3) is 0.375. The molecule has 1 atom stereocenters. The van der Waals surface area contributed by atoms with Gasteiger partial charge in [-0.2, -0.15) is 15.3 Å². The van der Waals surface area contributed by atoms with E-state index in [1.807, 2.05) is 18.2 Å². The number of nitrogen functional groups attached to an aromatic ring is 1. The topological polar surface area (TPSA) is 165 Å². The molecule has 1 saturated carbocycles. The average molecular weight is 472 g/mol. The molecule has 178 valence electrons. The van der Waals surface area contributed by atoms with E-state index in [2.05, 4.69) is 32.1 Å². The summed E-state index contributed by atoms with van der Waals surface area (Å²) >= 11 is 0. The molecule has 0 saturated heterocycles. The predicted molar refractivity (Wildman–Crippen MR) is 125 cm³/mol. The van der Waals surface area contributed by atoms with E-state index in [4.69, 9.17) is 15.2 Å². The normalized spacial score (nSPS) is 15.5. The molecule has 3 N–H and O–H groups in total. The van der Waals surface area contributed by atoms with Crippen LogP contribution < -0.4 is 5.73 Å². The molecule has 1 unspecified atom stereocenters. The molecule has 0 radical (unpaired) electrons. The van der Waals surface area contributed by atoms with Gasteiger partial charge in [0.25, 0.3) is 5.89 Å². The Morgan fingerprint density at radius 1 is 1.17 bits per heavy atom. The van der Waals surface area contributed by atoms with Crippen LogP contribution in [0.3, 0.4) is 0 Å². The van der Waals surface area contributed by atoms with Gasteiger partial charge in [-0.1, -0.05) is 11.2 Å². The lowest BCUT2D eigenvalue weighted by molar-refractivity contribution is 0.0577. The van der Waals surface area contributed by atoms with Gasteiger partial charge in [0.2, 0.25) is 0 Å². The van der Waals surface area contributed by atoms with Crippen molar-refractivity contribution in [2.24, 2.45) is 5.92 Å². The highest BCUT2D eigenvalue weighted by molar-refractivity contribution is 5.62. The summed E-state index contributed by atoms with van der Waals surface area (Å²) < 4.78 is 7.26. The Bertz CT molecular complexity index is 1410. The first-order valence-electron chi connectivity index (χ1n) is 11.3. The van der Waals surface area contributed by atoms with Crippen molar-refractivity contribution in [1.82, 2.24) is 34.9 Å². The minimum Gasteiger partial charge on any atom is -0.389 e. The third-order valence-electron chi connectivity index (χ3n) is 6.22. The fourth-order valence-corrected chi connectivity index (χ4v) is 4.23. The van der Waals surface area contributed by atoms with Crippen molar-refractivity contribution in [3.05, 3.63) is 54.0 Å². The number of hydrogen-bond acceptors (Lipinski definition) is 10. The van der Waals surface area contributed by atoms with Crippen molar-refractivity contribution in [3.8, 4) is 28.9 Å². The molecule has 4 aromatic rings. The van der Waals surface area contributed by atoms with E-state index in [9.17, 15) is 10.4 Å². The van der Waals surface area contributed by atoms with Gasteiger partial charge in [0.15, 0.2) is 11.5 Å². The molecule has 1 aliphatic carbocycles. The highest BCUT2D eigenvalue weighted by Crippen LogP contribution is 2.50. The Kier molecular flexibility index (Phi) is 5.33. The van der Waals surface area contributed by atoms with Gasteiger partial charge in [-0.25, -0.2) is 9.97 Å². The number of nitriles is 1. The zero-order valence-electron chi connectivity index (χ0n) is 19.7. The third kappa shape index (κ3) is 4.36. The van der Waals surface area contributed by atoms with Crippen molar-refractivity contribution in [2.45, 2.75) is 51.2 Å². The van der Waals surface area contributed by atoms with Gasteiger partial charge in [0.1, 0.15) is 17.6 Å². The molecule has 4 aromatic heterocycles. The third-order valence-corrected chi connectivity index (χ3v) is 6.22. The summed E-state index contributed by atoms with van der Waals surface area (Å²) in [5, 5.41) is 28.0. The van der Waals surface area contributed by atoms with Crippen LogP contribution in [-0.4, -0.2) is 45.6 Å². The number of aromatic nitrogens is 7. The number of pyridine rings is 1. The molecule has 11 nitrogen and oxygen atoms in total. The van der Waals surface area contributed by atoms with Crippen LogP contribution in [0.15, 0.2) is 41.4 Å². The van der Waals surface area contributed by atoms with Gasteiger partial charge in [0, 0.05) is 12.4 Å². The lowest BCUT2D eigenvalue weighted by Gasteiger charge is -2.26. The number of nitrogens with zero attached hydrogens (tertiary/aromatic N) is 8. The van der Waals surface area contributed by atoms with Crippen LogP contribution in [0, 0.1) is 17.2 Å². The molecule has 1 fully saturated rings. The molecule has 11 heteroatoms. The molecule has 4 heterocycles. The van der Waals surface area contributed by atoms with Gasteiger partial charge >= 0.3 is 0 Å². The summed E-state index contributed by atoms with van der Waals surface area (Å²) in [6.07, 6.45) is 8.70. The average Bonchev–Trinajstić information content (AvgIpc) is 3.39. The van der Waals surface area contributed by atoms with Crippen LogP contribution in [0.25, 0.3) is 22.8 Å². The molecule has 0 aromatic carbocycles. The lowest BCUT2D eigenvalue weighted by Crippen LogP contribution is -2.28. The quantitative estimate of drug-likeness (QED) is 0.409. The van der Waals surface area contributed by atoms with E-state index in [-0.39, 0.29) is 11.5 Å². The number of anilines is 1. The second-order valence-corrected chi connectivity index (χ2v) is 9.67. The van der Waals surface area contributed by atoms with Gasteiger partial charge < -0.3 is 15.4 Å². The predicted octanol–water partition coefficient (Wildman–Crippen LogP) is 2.73. The molecule has 0 spiro atoms. The first kappa shape index (κ1) is 22.6. The Balaban J connectivity index is 1.46. The van der Waals surface area contributed by atoms with Gasteiger partial charge in [-0.05, 0) is 51.2 Å². The first-order chi connectivity index (χ1) is 16.7. The van der Waals surface area contributed by atoms with Crippen LogP contribution in [0.1, 0.15) is 50.7 Å². The molecular weight excluding hydrogens is 446 g/mol. The second-order valence-electron chi connectivity index (χ2n) is 9.67. The van der Waals surface area contributed by atoms with Crippen LogP contribution in [-0.2, 0) is 12.0 Å². The Morgan fingerprint density at radius 3 is 2.63 bits per heavy atom. The summed E-state index contributed by atoms with van der Waals surface area (Å²) in [5.74, 6) is 1.48. The number of aliphatic hydroxyl groups is 1. The Morgan fingerprint density at radius 2 is 1.97 bits per heavy atom. The van der Waals surface area contributed by atoms with E-state index in [0.717, 1.165) is 18.4 Å². The van der Waals surface area contributed by atoms with Crippen molar-refractivity contribution < 1.29 is 9.63 Å². The molecule has 0 amide bonds. The van der Waals surface area contributed by atoms with E-state index < -0.39 is 11.0 Å². The molecule has 1 aliphatic rings. The molecule has 0 bridgehead atoms. The summed E-state index contributed by atoms with van der Waals surface area (Å²) in [6, 6.07) is 5.79. The van der Waals surface area contributed by atoms with Crippen LogP contribution in [0.2, 0.25) is 0 Å². The zero-order valence-corrected chi connectivity index (χ0v) is 19.7. The lowest BCUT2D eigenvalue weighted by atomic mass is 9.77. The van der Waals surface area contributed by atoms with Crippen LogP contribution in [0.4, 0.5) is 5.82 Å². The molecule has 0 aliphatic heterocycles. The number of rotatable bonds is 7.